The maximum Gasteiger partial charge on any atom is 0.258 e. The van der Waals surface area contributed by atoms with Crippen LogP contribution >= 0.6 is 11.6 Å². The van der Waals surface area contributed by atoms with Crippen LogP contribution in [0.5, 0.6) is 17.4 Å². The second kappa shape index (κ2) is 10.3. The van der Waals surface area contributed by atoms with E-state index in [1.807, 2.05) is 19.2 Å². The Labute approximate surface area is 237 Å². The molecule has 2 aromatic carbocycles. The topological polar surface area (TPSA) is 109 Å². The lowest BCUT2D eigenvalue weighted by Crippen LogP contribution is -2.43. The molecule has 1 saturated carbocycles. The third kappa shape index (κ3) is 4.71. The van der Waals surface area contributed by atoms with Gasteiger partial charge in [0.25, 0.3) is 11.8 Å². The molecule has 0 unspecified atom stereocenters. The molecule has 10 nitrogen and oxygen atoms in total. The van der Waals surface area contributed by atoms with E-state index in [0.29, 0.717) is 28.3 Å². The van der Waals surface area contributed by atoms with Crippen LogP contribution in [0.3, 0.4) is 0 Å². The number of likely N-dealkylation sites (tertiary alicyclic amines) is 1. The summed E-state index contributed by atoms with van der Waals surface area (Å²) in [6, 6.07) is 10.9. The highest BCUT2D eigenvalue weighted by atomic mass is 35.5. The summed E-state index contributed by atoms with van der Waals surface area (Å²) in [6.07, 6.45) is 5.16. The van der Waals surface area contributed by atoms with Crippen LogP contribution in [0.15, 0.2) is 42.6 Å². The van der Waals surface area contributed by atoms with Gasteiger partial charge in [-0.3, -0.25) is 9.59 Å². The Morgan fingerprint density at radius 1 is 1.12 bits per heavy atom. The molecule has 3 aromatic rings. The average molecular weight is 563 g/mol. The molecular formula is C29H31ClN6O4. The third-order valence-corrected chi connectivity index (χ3v) is 8.35. The van der Waals surface area contributed by atoms with Crippen LogP contribution in [0, 0.1) is 0 Å². The van der Waals surface area contributed by atoms with Gasteiger partial charge in [0.1, 0.15) is 16.5 Å². The number of fused-ring (bicyclic) bond motifs is 2. The molecular weight excluding hydrogens is 532 g/mol. The van der Waals surface area contributed by atoms with Crippen molar-refractivity contribution < 1.29 is 19.1 Å². The predicted molar refractivity (Wildman–Crippen MR) is 151 cm³/mol. The number of halogens is 1. The Morgan fingerprint density at radius 2 is 1.90 bits per heavy atom. The van der Waals surface area contributed by atoms with Crippen molar-refractivity contribution in [2.45, 2.75) is 37.3 Å². The van der Waals surface area contributed by atoms with E-state index in [4.69, 9.17) is 21.1 Å². The van der Waals surface area contributed by atoms with Gasteiger partial charge in [-0.2, -0.15) is 4.98 Å². The molecule has 6 rings (SSSR count). The van der Waals surface area contributed by atoms with Gasteiger partial charge in [-0.15, -0.1) is 0 Å². The zero-order valence-electron chi connectivity index (χ0n) is 22.7. The zero-order chi connectivity index (χ0) is 28.0. The van der Waals surface area contributed by atoms with E-state index in [2.05, 4.69) is 32.5 Å². The van der Waals surface area contributed by atoms with Gasteiger partial charge in [0.05, 0.1) is 30.1 Å². The zero-order valence-corrected chi connectivity index (χ0v) is 23.4. The van der Waals surface area contributed by atoms with E-state index >= 15 is 0 Å². The quantitative estimate of drug-likeness (QED) is 0.431. The number of nitrogens with zero attached hydrogens (tertiary/aromatic N) is 4. The minimum atomic E-state index is -0.222. The molecule has 3 aliphatic rings. The number of benzene rings is 2. The van der Waals surface area contributed by atoms with E-state index in [9.17, 15) is 9.59 Å². The molecule has 2 fully saturated rings. The average Bonchev–Trinajstić information content (AvgIpc) is 3.74. The molecule has 2 aliphatic heterocycles. The fourth-order valence-electron chi connectivity index (χ4n) is 5.56. The monoisotopic (exact) mass is 562 g/mol. The standard InChI is InChI=1S/C29H31ClN6O4/c1-35-13-9-18(10-14-35)32-25(37)17-7-8-21(23(15-17)39-3)33-28-31-16-20(30)26(34-28)40-22-6-4-5-19-24(22)27(38)36(2)29(19)11-12-29/h4-8,15-16,18H,9-14H2,1-3H3,(H,32,37)(H,31,33,34). The van der Waals surface area contributed by atoms with E-state index < -0.39 is 0 Å². The summed E-state index contributed by atoms with van der Waals surface area (Å²) in [5.41, 5.74) is 2.37. The van der Waals surface area contributed by atoms with Crippen LogP contribution in [0.2, 0.25) is 5.02 Å². The molecule has 40 heavy (non-hydrogen) atoms. The number of nitrogens with one attached hydrogen (secondary N) is 2. The van der Waals surface area contributed by atoms with E-state index in [-0.39, 0.29) is 40.2 Å². The Kier molecular flexibility index (Phi) is 6.75. The van der Waals surface area contributed by atoms with Gasteiger partial charge in [-0.1, -0.05) is 23.7 Å². The number of carbonyl (C=O) groups is 2. The minimum absolute atomic E-state index is 0.0729. The lowest BCUT2D eigenvalue weighted by molar-refractivity contribution is 0.0753. The number of hydrogen-bond acceptors (Lipinski definition) is 8. The Bertz CT molecular complexity index is 1490. The number of rotatable bonds is 7. The summed E-state index contributed by atoms with van der Waals surface area (Å²) in [5.74, 6) is 0.991. The lowest BCUT2D eigenvalue weighted by Gasteiger charge is -2.29. The van der Waals surface area contributed by atoms with Crippen LogP contribution in [-0.4, -0.2) is 71.9 Å². The number of aromatic nitrogens is 2. The highest BCUT2D eigenvalue weighted by Gasteiger charge is 2.57. The van der Waals surface area contributed by atoms with Gasteiger partial charge in [0.15, 0.2) is 0 Å². The highest BCUT2D eigenvalue weighted by molar-refractivity contribution is 6.31. The number of piperidine rings is 1. The Balaban J connectivity index is 1.20. The number of hydrogen-bond donors (Lipinski definition) is 2. The molecule has 0 bridgehead atoms. The number of ether oxygens (including phenoxy) is 2. The molecule has 2 N–H and O–H groups in total. The molecule has 11 heteroatoms. The van der Waals surface area contributed by atoms with Crippen molar-refractivity contribution in [3.63, 3.8) is 0 Å². The van der Waals surface area contributed by atoms with Crippen molar-refractivity contribution in [2.75, 3.05) is 39.6 Å². The van der Waals surface area contributed by atoms with Crippen LogP contribution in [-0.2, 0) is 5.54 Å². The van der Waals surface area contributed by atoms with Gasteiger partial charge >= 0.3 is 0 Å². The largest absolute Gasteiger partial charge is 0.495 e. The number of carbonyl (C=O) groups excluding carboxylic acids is 2. The van der Waals surface area contributed by atoms with E-state index in [1.54, 1.807) is 29.2 Å². The van der Waals surface area contributed by atoms with Crippen LogP contribution in [0.4, 0.5) is 11.6 Å². The lowest BCUT2D eigenvalue weighted by atomic mass is 10.0. The third-order valence-electron chi connectivity index (χ3n) is 8.09. The molecule has 2 amide bonds. The van der Waals surface area contributed by atoms with Crippen LogP contribution in [0.25, 0.3) is 0 Å². The summed E-state index contributed by atoms with van der Waals surface area (Å²) in [6.45, 7) is 1.93. The highest BCUT2D eigenvalue weighted by Crippen LogP contribution is 2.57. The Morgan fingerprint density at radius 3 is 2.62 bits per heavy atom. The van der Waals surface area contributed by atoms with Gasteiger partial charge in [0.2, 0.25) is 11.8 Å². The number of methoxy groups -OCH3 is 1. The molecule has 0 radical (unpaired) electrons. The molecule has 208 valence electrons. The van der Waals surface area contributed by atoms with Crippen molar-refractivity contribution in [1.29, 1.82) is 0 Å². The normalized spacial score (nSPS) is 18.0. The SMILES string of the molecule is COc1cc(C(=O)NC2CCN(C)CC2)ccc1Nc1ncc(Cl)c(Oc2cccc3c2C(=O)N(C)C32CC2)n1. The fourth-order valence-corrected chi connectivity index (χ4v) is 5.69. The van der Waals surface area contributed by atoms with Crippen molar-refractivity contribution in [1.82, 2.24) is 25.1 Å². The molecule has 1 aromatic heterocycles. The Hall–Kier alpha value is -3.89. The van der Waals surface area contributed by atoms with E-state index in [0.717, 1.165) is 44.3 Å². The maximum atomic E-state index is 13.1. The summed E-state index contributed by atoms with van der Waals surface area (Å²) >= 11 is 6.39. The number of amides is 2. The summed E-state index contributed by atoms with van der Waals surface area (Å²) in [4.78, 5) is 38.7. The molecule has 3 heterocycles. The second-order valence-corrected chi connectivity index (χ2v) is 11.0. The second-order valence-electron chi connectivity index (χ2n) is 10.6. The predicted octanol–water partition coefficient (Wildman–Crippen LogP) is 4.57. The minimum Gasteiger partial charge on any atom is -0.495 e. The fraction of sp³-hybridized carbons (Fsp3) is 0.379. The molecule has 1 aliphatic carbocycles. The number of anilines is 2. The maximum absolute atomic E-state index is 13.1. The molecule has 1 spiro atoms. The van der Waals surface area contributed by atoms with Crippen molar-refractivity contribution in [3.8, 4) is 17.4 Å². The van der Waals surface area contributed by atoms with Gasteiger partial charge in [0, 0.05) is 18.7 Å². The summed E-state index contributed by atoms with van der Waals surface area (Å²) in [7, 11) is 5.45. The first kappa shape index (κ1) is 26.3. The first-order valence-corrected chi connectivity index (χ1v) is 13.7. The smallest absolute Gasteiger partial charge is 0.258 e. The van der Waals surface area contributed by atoms with Crippen LogP contribution < -0.4 is 20.1 Å². The van der Waals surface area contributed by atoms with E-state index in [1.165, 1.54) is 13.3 Å². The van der Waals surface area contributed by atoms with Gasteiger partial charge < -0.3 is 29.9 Å². The first-order chi connectivity index (χ1) is 19.3. The van der Waals surface area contributed by atoms with Crippen molar-refractivity contribution in [2.24, 2.45) is 0 Å². The van der Waals surface area contributed by atoms with Gasteiger partial charge in [-0.05, 0) is 75.6 Å². The molecule has 1 saturated heterocycles. The summed E-state index contributed by atoms with van der Waals surface area (Å²) < 4.78 is 11.7. The van der Waals surface area contributed by atoms with Gasteiger partial charge in [-0.25, -0.2) is 4.98 Å². The van der Waals surface area contributed by atoms with Crippen LogP contribution in [0.1, 0.15) is 52.0 Å². The summed E-state index contributed by atoms with van der Waals surface area (Å²) in [5, 5.41) is 6.45. The molecule has 0 atom stereocenters. The van der Waals surface area contributed by atoms with Crippen molar-refractivity contribution >= 4 is 35.1 Å². The van der Waals surface area contributed by atoms with Crippen molar-refractivity contribution in [3.05, 3.63) is 64.3 Å². The first-order valence-electron chi connectivity index (χ1n) is 13.4.